The monoisotopic (exact) mass is 598 g/mol. The van der Waals surface area contributed by atoms with E-state index in [2.05, 4.69) is 10.5 Å². The fourth-order valence-electron chi connectivity index (χ4n) is 5.06. The molecule has 2 amide bonds. The van der Waals surface area contributed by atoms with Crippen LogP contribution in [0.2, 0.25) is 0 Å². The smallest absolute Gasteiger partial charge is 0.248 e. The minimum absolute atomic E-state index is 0.0158. The highest BCUT2D eigenvalue weighted by molar-refractivity contribution is 7.89. The zero-order chi connectivity index (χ0) is 30.6. The first kappa shape index (κ1) is 31.2. The van der Waals surface area contributed by atoms with E-state index in [4.69, 9.17) is 9.26 Å². The number of amides is 2. The molecular weight excluding hydrogens is 560 g/mol. The number of aliphatic hydroxyl groups is 1. The molecule has 226 valence electrons. The third kappa shape index (κ3) is 7.00. The van der Waals surface area contributed by atoms with Gasteiger partial charge in [0.05, 0.1) is 32.0 Å². The molecule has 0 radical (unpaired) electrons. The number of aliphatic hydroxyl groups excluding tert-OH is 1. The summed E-state index contributed by atoms with van der Waals surface area (Å²) in [5.74, 6) is -0.101. The van der Waals surface area contributed by atoms with Gasteiger partial charge in [-0.3, -0.25) is 9.59 Å². The summed E-state index contributed by atoms with van der Waals surface area (Å²) in [7, 11) is -2.48. The molecule has 12 heteroatoms. The molecule has 1 aliphatic heterocycles. The Morgan fingerprint density at radius 1 is 1.21 bits per heavy atom. The van der Waals surface area contributed by atoms with E-state index >= 15 is 0 Å². The van der Waals surface area contributed by atoms with Gasteiger partial charge in [-0.25, -0.2) is 8.42 Å². The fraction of sp³-hybridized carbons (Fsp3) is 0.433. The van der Waals surface area contributed by atoms with Crippen LogP contribution in [0.15, 0.2) is 57.9 Å². The topological polar surface area (TPSA) is 142 Å². The van der Waals surface area contributed by atoms with E-state index in [1.807, 2.05) is 37.3 Å². The first-order chi connectivity index (χ1) is 19.9. The SMILES string of the molecule is Cc1noc(C)c1S(=O)(=O)N(C)C[C@H]1Oc2ccc(NC(=O)Cc3ccccc3)cc2CC(=O)N([C@@H](C)CO)C[C@@H]1C. The summed E-state index contributed by atoms with van der Waals surface area (Å²) in [6.07, 6.45) is -0.475. The summed E-state index contributed by atoms with van der Waals surface area (Å²) < 4.78 is 39.7. The molecule has 42 heavy (non-hydrogen) atoms. The van der Waals surface area contributed by atoms with Crippen molar-refractivity contribution in [2.75, 3.05) is 32.1 Å². The van der Waals surface area contributed by atoms with Crippen LogP contribution in [0.5, 0.6) is 5.75 Å². The number of nitrogens with one attached hydrogen (secondary N) is 1. The van der Waals surface area contributed by atoms with Crippen molar-refractivity contribution in [1.29, 1.82) is 0 Å². The highest BCUT2D eigenvalue weighted by Crippen LogP contribution is 2.30. The van der Waals surface area contributed by atoms with Gasteiger partial charge in [-0.1, -0.05) is 42.4 Å². The van der Waals surface area contributed by atoms with Crippen molar-refractivity contribution in [3.8, 4) is 5.75 Å². The van der Waals surface area contributed by atoms with Gasteiger partial charge in [-0.05, 0) is 44.5 Å². The lowest BCUT2D eigenvalue weighted by atomic mass is 10.0. The largest absolute Gasteiger partial charge is 0.488 e. The molecule has 1 aliphatic rings. The molecule has 4 rings (SSSR count). The lowest BCUT2D eigenvalue weighted by molar-refractivity contribution is -0.134. The molecule has 0 saturated heterocycles. The van der Waals surface area contributed by atoms with Crippen molar-refractivity contribution in [2.24, 2.45) is 5.92 Å². The maximum Gasteiger partial charge on any atom is 0.248 e. The average Bonchev–Trinajstić information content (AvgIpc) is 3.31. The molecule has 1 aromatic heterocycles. The van der Waals surface area contributed by atoms with Gasteiger partial charge in [0.2, 0.25) is 21.8 Å². The number of likely N-dealkylation sites (N-methyl/N-ethyl adjacent to an activating group) is 1. The summed E-state index contributed by atoms with van der Waals surface area (Å²) in [5.41, 5.74) is 2.19. The Balaban J connectivity index is 1.63. The Labute approximate surface area is 246 Å². The summed E-state index contributed by atoms with van der Waals surface area (Å²) in [4.78, 5) is 27.8. The molecule has 2 aromatic carbocycles. The van der Waals surface area contributed by atoms with Crippen LogP contribution in [0.3, 0.4) is 0 Å². The lowest BCUT2D eigenvalue weighted by Crippen LogP contribution is -2.48. The Bertz CT molecular complexity index is 1500. The average molecular weight is 599 g/mol. The molecular formula is C30H38N4O7S. The minimum atomic E-state index is -3.95. The second-order valence-electron chi connectivity index (χ2n) is 10.9. The molecule has 0 saturated carbocycles. The Morgan fingerprint density at radius 2 is 1.93 bits per heavy atom. The molecule has 0 unspecified atom stereocenters. The van der Waals surface area contributed by atoms with E-state index in [0.29, 0.717) is 17.0 Å². The molecule has 3 atom stereocenters. The predicted molar refractivity (Wildman–Crippen MR) is 157 cm³/mol. The Hall–Kier alpha value is -3.74. The molecule has 2 N–H and O–H groups in total. The maximum absolute atomic E-state index is 13.5. The molecule has 2 heterocycles. The van der Waals surface area contributed by atoms with Gasteiger partial charge in [0.25, 0.3) is 0 Å². The number of fused-ring (bicyclic) bond motifs is 1. The number of aromatic nitrogens is 1. The predicted octanol–water partition coefficient (Wildman–Crippen LogP) is 2.94. The minimum Gasteiger partial charge on any atom is -0.488 e. The van der Waals surface area contributed by atoms with Gasteiger partial charge < -0.3 is 24.6 Å². The number of hydrogen-bond acceptors (Lipinski definition) is 8. The number of hydrogen-bond donors (Lipinski definition) is 2. The van der Waals surface area contributed by atoms with Gasteiger partial charge in [0.15, 0.2) is 5.76 Å². The summed E-state index contributed by atoms with van der Waals surface area (Å²) in [6.45, 7) is 6.76. The van der Waals surface area contributed by atoms with E-state index in [1.165, 1.54) is 11.4 Å². The van der Waals surface area contributed by atoms with Crippen molar-refractivity contribution >= 4 is 27.5 Å². The van der Waals surface area contributed by atoms with E-state index in [0.717, 1.165) is 5.56 Å². The van der Waals surface area contributed by atoms with Crippen molar-refractivity contribution in [2.45, 2.75) is 57.6 Å². The first-order valence-electron chi connectivity index (χ1n) is 13.8. The highest BCUT2D eigenvalue weighted by Gasteiger charge is 2.35. The van der Waals surface area contributed by atoms with Gasteiger partial charge >= 0.3 is 0 Å². The van der Waals surface area contributed by atoms with Gasteiger partial charge in [0, 0.05) is 30.8 Å². The number of carbonyl (C=O) groups excluding carboxylic acids is 2. The molecule has 3 aromatic rings. The number of carbonyl (C=O) groups is 2. The third-order valence-electron chi connectivity index (χ3n) is 7.48. The second-order valence-corrected chi connectivity index (χ2v) is 12.8. The van der Waals surface area contributed by atoms with Crippen LogP contribution in [0.1, 0.15) is 36.4 Å². The molecule has 0 bridgehead atoms. The number of anilines is 1. The maximum atomic E-state index is 13.5. The van der Waals surface area contributed by atoms with E-state index in [9.17, 15) is 23.1 Å². The molecule has 0 spiro atoms. The summed E-state index contributed by atoms with van der Waals surface area (Å²) in [6, 6.07) is 14.0. The fourth-order valence-corrected chi connectivity index (χ4v) is 6.53. The van der Waals surface area contributed by atoms with Crippen molar-refractivity contribution in [3.05, 3.63) is 71.1 Å². The van der Waals surface area contributed by atoms with Crippen LogP contribution in [0, 0.1) is 19.8 Å². The van der Waals surface area contributed by atoms with Crippen molar-refractivity contribution in [1.82, 2.24) is 14.4 Å². The van der Waals surface area contributed by atoms with Crippen LogP contribution in [0.4, 0.5) is 5.69 Å². The normalized spacial score (nSPS) is 18.5. The number of ether oxygens (including phenoxy) is 1. The number of nitrogens with zero attached hydrogens (tertiary/aromatic N) is 3. The number of benzene rings is 2. The van der Waals surface area contributed by atoms with E-state index in [1.54, 1.807) is 43.9 Å². The van der Waals surface area contributed by atoms with Crippen molar-refractivity contribution < 1.29 is 32.4 Å². The molecule has 0 fully saturated rings. The van der Waals surface area contributed by atoms with Crippen LogP contribution >= 0.6 is 0 Å². The van der Waals surface area contributed by atoms with Crippen LogP contribution < -0.4 is 10.1 Å². The number of sulfonamides is 1. The zero-order valence-electron chi connectivity index (χ0n) is 24.5. The zero-order valence-corrected chi connectivity index (χ0v) is 25.3. The van der Waals surface area contributed by atoms with Crippen LogP contribution in [-0.2, 0) is 32.5 Å². The summed E-state index contributed by atoms with van der Waals surface area (Å²) >= 11 is 0. The molecule has 0 aliphatic carbocycles. The standard InChI is InChI=1S/C30H38N4O7S/c1-19-16-34(20(2)18-35)29(37)15-24-14-25(31-28(36)13-23-9-7-6-8-10-23)11-12-26(24)40-27(19)17-33(5)42(38,39)30-21(3)32-41-22(30)4/h6-12,14,19-20,27,35H,13,15-18H2,1-5H3,(H,31,36)/t19-,20-,27+/m0/s1. The van der Waals surface area contributed by atoms with Crippen molar-refractivity contribution in [3.63, 3.8) is 0 Å². The lowest BCUT2D eigenvalue weighted by Gasteiger charge is -2.33. The van der Waals surface area contributed by atoms with Gasteiger partial charge in [0.1, 0.15) is 22.4 Å². The van der Waals surface area contributed by atoms with Crippen LogP contribution in [-0.4, -0.2) is 78.6 Å². The second kappa shape index (κ2) is 13.1. The first-order valence-corrected chi connectivity index (χ1v) is 15.3. The van der Waals surface area contributed by atoms with Crippen LogP contribution in [0.25, 0.3) is 0 Å². The number of rotatable bonds is 9. The van der Waals surface area contributed by atoms with Gasteiger partial charge in [-0.2, -0.15) is 4.31 Å². The quantitative estimate of drug-likeness (QED) is 0.383. The highest BCUT2D eigenvalue weighted by atomic mass is 32.2. The van der Waals surface area contributed by atoms with E-state index < -0.39 is 22.2 Å². The summed E-state index contributed by atoms with van der Waals surface area (Å²) in [5, 5.41) is 16.6. The third-order valence-corrected chi connectivity index (χ3v) is 9.55. The Kier molecular flexibility index (Phi) is 9.70. The number of aryl methyl sites for hydroxylation is 2. The Morgan fingerprint density at radius 3 is 2.57 bits per heavy atom. The molecule has 11 nitrogen and oxygen atoms in total. The van der Waals surface area contributed by atoms with E-state index in [-0.39, 0.29) is 66.6 Å². The van der Waals surface area contributed by atoms with Gasteiger partial charge in [-0.15, -0.1) is 0 Å².